The second-order valence-corrected chi connectivity index (χ2v) is 4.52. The van der Waals surface area contributed by atoms with Gasteiger partial charge in [0, 0.05) is 24.9 Å². The Labute approximate surface area is 116 Å². The van der Waals surface area contributed by atoms with Crippen molar-refractivity contribution in [2.75, 3.05) is 20.3 Å². The Hall–Kier alpha value is -1.86. The molecule has 1 saturated heterocycles. The maximum Gasteiger partial charge on any atom is 0.277 e. The van der Waals surface area contributed by atoms with Crippen molar-refractivity contribution >= 4 is 5.69 Å². The second kappa shape index (κ2) is 6.53. The van der Waals surface area contributed by atoms with Gasteiger partial charge in [0.25, 0.3) is 5.69 Å². The number of nitrogens with zero attached hydrogens (tertiary/aromatic N) is 1. The number of nitrogens with two attached hydrogens (primary N) is 1. The predicted molar refractivity (Wildman–Crippen MR) is 72.0 cm³/mol. The Balaban J connectivity index is 2.29. The molecule has 0 unspecified atom stereocenters. The highest BCUT2D eigenvalue weighted by molar-refractivity contribution is 5.54. The molecule has 0 atom stereocenters. The third-order valence-corrected chi connectivity index (χ3v) is 3.24. The van der Waals surface area contributed by atoms with Crippen LogP contribution in [0.5, 0.6) is 11.5 Å². The summed E-state index contributed by atoms with van der Waals surface area (Å²) in [7, 11) is 1.50. The van der Waals surface area contributed by atoms with Crippen molar-refractivity contribution in [1.82, 2.24) is 0 Å². The van der Waals surface area contributed by atoms with Crippen LogP contribution in [0, 0.1) is 10.1 Å². The molecular weight excluding hydrogens is 264 g/mol. The van der Waals surface area contributed by atoms with Crippen LogP contribution < -0.4 is 15.2 Å². The van der Waals surface area contributed by atoms with Gasteiger partial charge in [0.15, 0.2) is 11.5 Å². The fourth-order valence-corrected chi connectivity index (χ4v) is 2.15. The zero-order valence-electron chi connectivity index (χ0n) is 11.3. The molecule has 0 saturated carbocycles. The standard InChI is InChI=1S/C13H18N2O5/c1-18-12-6-9(8-14)11(15(16)17)7-13(12)20-10-2-4-19-5-3-10/h6-7,10H,2-5,8,14H2,1H3. The van der Waals surface area contributed by atoms with E-state index in [-0.39, 0.29) is 18.3 Å². The maximum atomic E-state index is 11.1. The smallest absolute Gasteiger partial charge is 0.277 e. The monoisotopic (exact) mass is 282 g/mol. The van der Waals surface area contributed by atoms with Crippen LogP contribution in [-0.4, -0.2) is 31.4 Å². The lowest BCUT2D eigenvalue weighted by molar-refractivity contribution is -0.385. The zero-order valence-corrected chi connectivity index (χ0v) is 11.3. The highest BCUT2D eigenvalue weighted by Crippen LogP contribution is 2.36. The Kier molecular flexibility index (Phi) is 4.75. The fraction of sp³-hybridized carbons (Fsp3) is 0.538. The van der Waals surface area contributed by atoms with E-state index in [1.165, 1.54) is 13.2 Å². The van der Waals surface area contributed by atoms with Gasteiger partial charge in [-0.15, -0.1) is 0 Å². The number of hydrogen-bond acceptors (Lipinski definition) is 6. The molecule has 7 nitrogen and oxygen atoms in total. The maximum absolute atomic E-state index is 11.1. The van der Waals surface area contributed by atoms with Crippen molar-refractivity contribution in [1.29, 1.82) is 0 Å². The fourth-order valence-electron chi connectivity index (χ4n) is 2.15. The highest BCUT2D eigenvalue weighted by Gasteiger charge is 2.22. The summed E-state index contributed by atoms with van der Waals surface area (Å²) >= 11 is 0. The summed E-state index contributed by atoms with van der Waals surface area (Å²) in [5, 5.41) is 11.1. The van der Waals surface area contributed by atoms with Gasteiger partial charge >= 0.3 is 0 Å². The van der Waals surface area contributed by atoms with E-state index in [0.29, 0.717) is 30.3 Å². The van der Waals surface area contributed by atoms with E-state index in [2.05, 4.69) is 0 Å². The van der Waals surface area contributed by atoms with Gasteiger partial charge in [-0.1, -0.05) is 0 Å². The molecule has 0 spiro atoms. The molecule has 1 aliphatic heterocycles. The number of nitro benzene ring substituents is 1. The number of methoxy groups -OCH3 is 1. The number of ether oxygens (including phenoxy) is 3. The first-order valence-electron chi connectivity index (χ1n) is 6.45. The summed E-state index contributed by atoms with van der Waals surface area (Å²) in [4.78, 5) is 10.6. The summed E-state index contributed by atoms with van der Waals surface area (Å²) in [6, 6.07) is 2.95. The van der Waals surface area contributed by atoms with Gasteiger partial charge in [-0.2, -0.15) is 0 Å². The third-order valence-electron chi connectivity index (χ3n) is 3.24. The van der Waals surface area contributed by atoms with Gasteiger partial charge in [0.2, 0.25) is 0 Å². The first kappa shape index (κ1) is 14.5. The lowest BCUT2D eigenvalue weighted by Gasteiger charge is -2.24. The molecule has 0 bridgehead atoms. The SMILES string of the molecule is COc1cc(CN)c([N+](=O)[O-])cc1OC1CCOCC1. The summed E-state index contributed by atoms with van der Waals surface area (Å²) in [6.07, 6.45) is 1.51. The molecule has 0 radical (unpaired) electrons. The first-order chi connectivity index (χ1) is 9.65. The number of benzene rings is 1. The number of nitro groups is 1. The van der Waals surface area contributed by atoms with E-state index < -0.39 is 4.92 Å². The van der Waals surface area contributed by atoms with Crippen LogP contribution in [0.1, 0.15) is 18.4 Å². The van der Waals surface area contributed by atoms with E-state index in [4.69, 9.17) is 19.9 Å². The Bertz CT molecular complexity index is 486. The van der Waals surface area contributed by atoms with Gasteiger partial charge in [-0.25, -0.2) is 0 Å². The molecule has 7 heteroatoms. The van der Waals surface area contributed by atoms with Gasteiger partial charge < -0.3 is 19.9 Å². The molecule has 2 rings (SSSR count). The second-order valence-electron chi connectivity index (χ2n) is 4.52. The first-order valence-corrected chi connectivity index (χ1v) is 6.45. The molecule has 1 aromatic rings. The third kappa shape index (κ3) is 3.17. The van der Waals surface area contributed by atoms with Gasteiger partial charge in [-0.05, 0) is 6.07 Å². The van der Waals surface area contributed by atoms with Crippen LogP contribution in [0.4, 0.5) is 5.69 Å². The van der Waals surface area contributed by atoms with E-state index in [1.807, 2.05) is 0 Å². The van der Waals surface area contributed by atoms with Crippen LogP contribution in [0.15, 0.2) is 12.1 Å². The predicted octanol–water partition coefficient (Wildman–Crippen LogP) is 1.62. The van der Waals surface area contributed by atoms with Gasteiger partial charge in [-0.3, -0.25) is 10.1 Å². The summed E-state index contributed by atoms with van der Waals surface area (Å²) in [5.41, 5.74) is 5.91. The minimum absolute atomic E-state index is 0.0130. The van der Waals surface area contributed by atoms with Crippen molar-refractivity contribution in [3.8, 4) is 11.5 Å². The molecule has 0 aromatic heterocycles. The Morgan fingerprint density at radius 1 is 1.40 bits per heavy atom. The molecule has 110 valence electrons. The van der Waals surface area contributed by atoms with E-state index in [9.17, 15) is 10.1 Å². The zero-order chi connectivity index (χ0) is 14.5. The normalized spacial score (nSPS) is 15.9. The lowest BCUT2D eigenvalue weighted by atomic mass is 10.1. The van der Waals surface area contributed by atoms with Crippen molar-refractivity contribution in [3.05, 3.63) is 27.8 Å². The quantitative estimate of drug-likeness (QED) is 0.651. The lowest BCUT2D eigenvalue weighted by Crippen LogP contribution is -2.26. The summed E-state index contributed by atoms with van der Waals surface area (Å²) < 4.78 is 16.3. The number of hydrogen-bond donors (Lipinski definition) is 1. The molecule has 1 aromatic carbocycles. The topological polar surface area (TPSA) is 96.9 Å². The van der Waals surface area contributed by atoms with Gasteiger partial charge in [0.1, 0.15) is 6.10 Å². The summed E-state index contributed by atoms with van der Waals surface area (Å²) in [5.74, 6) is 0.839. The molecule has 1 fully saturated rings. The average Bonchev–Trinajstić information content (AvgIpc) is 2.47. The van der Waals surface area contributed by atoms with Crippen LogP contribution >= 0.6 is 0 Å². The molecule has 0 aliphatic carbocycles. The average molecular weight is 282 g/mol. The van der Waals surface area contributed by atoms with Crippen LogP contribution in [0.3, 0.4) is 0 Å². The van der Waals surface area contributed by atoms with Crippen LogP contribution in [0.25, 0.3) is 0 Å². The van der Waals surface area contributed by atoms with Crippen molar-refractivity contribution < 1.29 is 19.1 Å². The molecule has 2 N–H and O–H groups in total. The minimum atomic E-state index is -0.460. The van der Waals surface area contributed by atoms with Crippen molar-refractivity contribution in [2.24, 2.45) is 5.73 Å². The summed E-state index contributed by atoms with van der Waals surface area (Å²) in [6.45, 7) is 1.34. The van der Waals surface area contributed by atoms with E-state index in [0.717, 1.165) is 12.8 Å². The van der Waals surface area contributed by atoms with Crippen molar-refractivity contribution in [3.63, 3.8) is 0 Å². The molecule has 1 aliphatic rings. The molecular formula is C13H18N2O5. The van der Waals surface area contributed by atoms with E-state index in [1.54, 1.807) is 6.07 Å². The van der Waals surface area contributed by atoms with Crippen molar-refractivity contribution in [2.45, 2.75) is 25.5 Å². The Morgan fingerprint density at radius 3 is 2.65 bits per heavy atom. The number of rotatable bonds is 5. The molecule has 0 amide bonds. The minimum Gasteiger partial charge on any atom is -0.493 e. The van der Waals surface area contributed by atoms with Crippen LogP contribution in [0.2, 0.25) is 0 Å². The van der Waals surface area contributed by atoms with Crippen LogP contribution in [-0.2, 0) is 11.3 Å². The Morgan fingerprint density at radius 2 is 2.10 bits per heavy atom. The highest BCUT2D eigenvalue weighted by atomic mass is 16.6. The van der Waals surface area contributed by atoms with E-state index >= 15 is 0 Å². The van der Waals surface area contributed by atoms with Gasteiger partial charge in [0.05, 0.1) is 31.3 Å². The molecule has 1 heterocycles. The largest absolute Gasteiger partial charge is 0.493 e. The molecule has 20 heavy (non-hydrogen) atoms.